The van der Waals surface area contributed by atoms with E-state index in [1.54, 1.807) is 42.5 Å². The average molecular weight is 471 g/mol. The molecule has 1 unspecified atom stereocenters. The number of hydrogen-bond acceptors (Lipinski definition) is 8. The second-order valence-electron chi connectivity index (χ2n) is 7.24. The number of benzene rings is 3. The van der Waals surface area contributed by atoms with E-state index in [0.29, 0.717) is 16.9 Å². The van der Waals surface area contributed by atoms with Crippen LogP contribution in [0.3, 0.4) is 0 Å². The zero-order valence-corrected chi connectivity index (χ0v) is 18.5. The molecule has 33 heavy (non-hydrogen) atoms. The van der Waals surface area contributed by atoms with Crippen molar-refractivity contribution in [3.8, 4) is 5.75 Å². The molecule has 2 N–H and O–H groups in total. The average Bonchev–Trinajstić information content (AvgIpc) is 2.83. The molecule has 1 atom stereocenters. The van der Waals surface area contributed by atoms with E-state index in [9.17, 15) is 23.3 Å². The summed E-state index contributed by atoms with van der Waals surface area (Å²) in [5.74, 6) is -0.711. The number of hydrogen-bond donors (Lipinski definition) is 1. The number of nitrogens with two attached hydrogens (primary N) is 1. The Morgan fingerprint density at radius 3 is 2.33 bits per heavy atom. The second kappa shape index (κ2) is 9.80. The number of sulfone groups is 1. The van der Waals surface area contributed by atoms with Crippen molar-refractivity contribution in [3.05, 3.63) is 100 Å². The van der Waals surface area contributed by atoms with Crippen molar-refractivity contribution in [2.24, 2.45) is 5.73 Å². The van der Waals surface area contributed by atoms with E-state index in [0.717, 1.165) is 7.11 Å². The number of ether oxygens (including phenoxy) is 2. The fraction of sp³-hybridized carbons (Fsp3) is 0.174. The first-order chi connectivity index (χ1) is 15.7. The first kappa shape index (κ1) is 23.9. The molecule has 0 radical (unpaired) electrons. The van der Waals surface area contributed by atoms with Crippen molar-refractivity contribution in [2.45, 2.75) is 22.8 Å². The molecule has 0 spiro atoms. The zero-order chi connectivity index (χ0) is 24.1. The van der Waals surface area contributed by atoms with E-state index in [2.05, 4.69) is 0 Å². The normalized spacial score (nSPS) is 13.0. The SMILES string of the molecule is COC(=O)C(N)(Cc1cccc(OCc2cccc([N+](=O)[O-])c2)c1)S(=O)(=O)c1ccccc1. The highest BCUT2D eigenvalue weighted by Gasteiger charge is 2.49. The molecule has 0 saturated heterocycles. The first-order valence-corrected chi connectivity index (χ1v) is 11.3. The Morgan fingerprint density at radius 2 is 1.67 bits per heavy atom. The van der Waals surface area contributed by atoms with Crippen molar-refractivity contribution in [2.75, 3.05) is 7.11 Å². The van der Waals surface area contributed by atoms with E-state index in [1.165, 1.54) is 36.4 Å². The minimum atomic E-state index is -4.29. The predicted octanol–water partition coefficient (Wildman–Crippen LogP) is 3.02. The maximum atomic E-state index is 13.2. The standard InChI is InChI=1S/C23H22N2O7S/c1-31-22(26)23(24,33(29,30)21-11-3-2-4-12-21)15-17-7-6-10-20(14-17)32-16-18-8-5-9-19(13-18)25(27)28/h2-14H,15-16,24H2,1H3. The van der Waals surface area contributed by atoms with Gasteiger partial charge in [-0.1, -0.05) is 42.5 Å². The van der Waals surface area contributed by atoms with Gasteiger partial charge >= 0.3 is 5.97 Å². The van der Waals surface area contributed by atoms with Crippen LogP contribution < -0.4 is 10.5 Å². The van der Waals surface area contributed by atoms with Crippen molar-refractivity contribution in [1.82, 2.24) is 0 Å². The quantitative estimate of drug-likeness (QED) is 0.286. The van der Waals surface area contributed by atoms with Gasteiger partial charge in [-0.25, -0.2) is 13.2 Å². The molecular formula is C23H22N2O7S. The molecule has 3 aromatic rings. The van der Waals surface area contributed by atoms with E-state index in [1.807, 2.05) is 0 Å². The van der Waals surface area contributed by atoms with Crippen LogP contribution in [-0.2, 0) is 32.4 Å². The number of non-ortho nitro benzene ring substituents is 1. The molecule has 0 heterocycles. The molecule has 0 bridgehead atoms. The summed E-state index contributed by atoms with van der Waals surface area (Å²) < 4.78 is 36.9. The van der Waals surface area contributed by atoms with Gasteiger partial charge in [0, 0.05) is 18.6 Å². The number of nitro benzene ring substituents is 1. The number of rotatable bonds is 9. The van der Waals surface area contributed by atoms with Gasteiger partial charge in [-0.2, -0.15) is 0 Å². The Morgan fingerprint density at radius 1 is 1.00 bits per heavy atom. The Balaban J connectivity index is 1.85. The number of nitrogens with zero attached hydrogens (tertiary/aromatic N) is 1. The molecular weight excluding hydrogens is 448 g/mol. The third kappa shape index (κ3) is 5.18. The van der Waals surface area contributed by atoms with E-state index in [4.69, 9.17) is 15.2 Å². The summed E-state index contributed by atoms with van der Waals surface area (Å²) in [6.45, 7) is 0.0538. The van der Waals surface area contributed by atoms with Gasteiger partial charge in [0.25, 0.3) is 5.69 Å². The minimum absolute atomic E-state index is 0.0537. The Bertz CT molecular complexity index is 1260. The summed E-state index contributed by atoms with van der Waals surface area (Å²) in [6, 6.07) is 19.9. The number of esters is 1. The summed E-state index contributed by atoms with van der Waals surface area (Å²) in [5.41, 5.74) is 7.15. The highest BCUT2D eigenvalue weighted by Crippen LogP contribution is 2.28. The van der Waals surface area contributed by atoms with Gasteiger partial charge in [-0.3, -0.25) is 10.1 Å². The lowest BCUT2D eigenvalue weighted by Gasteiger charge is -2.26. The molecule has 0 aliphatic rings. The first-order valence-electron chi connectivity index (χ1n) is 9.79. The third-order valence-corrected chi connectivity index (χ3v) is 7.12. The van der Waals surface area contributed by atoms with Gasteiger partial charge in [0.1, 0.15) is 12.4 Å². The summed E-state index contributed by atoms with van der Waals surface area (Å²) in [4.78, 5) is 20.5. The van der Waals surface area contributed by atoms with Gasteiger partial charge in [0.05, 0.1) is 16.9 Å². The van der Waals surface area contributed by atoms with Gasteiger partial charge in [-0.05, 0) is 35.4 Å². The summed E-state index contributed by atoms with van der Waals surface area (Å²) in [5, 5.41) is 10.9. The van der Waals surface area contributed by atoms with Crippen LogP contribution in [0.25, 0.3) is 0 Å². The molecule has 0 saturated carbocycles. The molecule has 0 aliphatic heterocycles. The largest absolute Gasteiger partial charge is 0.489 e. The van der Waals surface area contributed by atoms with Gasteiger partial charge in [0.2, 0.25) is 14.7 Å². The lowest BCUT2D eigenvalue weighted by atomic mass is 10.1. The molecule has 3 rings (SSSR count). The van der Waals surface area contributed by atoms with Gasteiger partial charge < -0.3 is 15.2 Å². The van der Waals surface area contributed by atoms with Crippen LogP contribution in [0.2, 0.25) is 0 Å². The molecule has 3 aromatic carbocycles. The Kier molecular flexibility index (Phi) is 7.10. The summed E-state index contributed by atoms with van der Waals surface area (Å²) in [7, 11) is -3.22. The zero-order valence-electron chi connectivity index (χ0n) is 17.7. The predicted molar refractivity (Wildman–Crippen MR) is 120 cm³/mol. The van der Waals surface area contributed by atoms with Crippen LogP contribution in [0.15, 0.2) is 83.8 Å². The van der Waals surface area contributed by atoms with E-state index in [-0.39, 0.29) is 23.6 Å². The number of nitro groups is 1. The Labute approximate surface area is 190 Å². The highest BCUT2D eigenvalue weighted by atomic mass is 32.2. The fourth-order valence-corrected chi connectivity index (χ4v) is 4.83. The summed E-state index contributed by atoms with van der Waals surface area (Å²) >= 11 is 0. The van der Waals surface area contributed by atoms with E-state index < -0.39 is 25.6 Å². The van der Waals surface area contributed by atoms with Crippen LogP contribution in [0.1, 0.15) is 11.1 Å². The summed E-state index contributed by atoms with van der Waals surface area (Å²) in [6.07, 6.45) is -0.356. The molecule has 172 valence electrons. The smallest absolute Gasteiger partial charge is 0.342 e. The van der Waals surface area contributed by atoms with Crippen LogP contribution >= 0.6 is 0 Å². The monoisotopic (exact) mass is 470 g/mol. The minimum Gasteiger partial charge on any atom is -0.489 e. The maximum absolute atomic E-state index is 13.2. The number of carbonyl (C=O) groups is 1. The van der Waals surface area contributed by atoms with Crippen LogP contribution in [0.4, 0.5) is 5.69 Å². The lowest BCUT2D eigenvalue weighted by Crippen LogP contribution is -2.56. The van der Waals surface area contributed by atoms with E-state index >= 15 is 0 Å². The van der Waals surface area contributed by atoms with Crippen LogP contribution in [0, 0.1) is 10.1 Å². The third-order valence-electron chi connectivity index (χ3n) is 4.96. The lowest BCUT2D eigenvalue weighted by molar-refractivity contribution is -0.384. The van der Waals surface area contributed by atoms with Crippen LogP contribution in [0.5, 0.6) is 5.75 Å². The van der Waals surface area contributed by atoms with Crippen LogP contribution in [-0.4, -0.2) is 31.3 Å². The maximum Gasteiger partial charge on any atom is 0.342 e. The molecule has 0 aliphatic carbocycles. The fourth-order valence-electron chi connectivity index (χ4n) is 3.23. The molecule has 0 fully saturated rings. The van der Waals surface area contributed by atoms with Crippen molar-refractivity contribution in [3.63, 3.8) is 0 Å². The van der Waals surface area contributed by atoms with Crippen molar-refractivity contribution in [1.29, 1.82) is 0 Å². The number of methoxy groups -OCH3 is 1. The van der Waals surface area contributed by atoms with Crippen molar-refractivity contribution >= 4 is 21.5 Å². The van der Waals surface area contributed by atoms with Crippen molar-refractivity contribution < 1.29 is 27.6 Å². The second-order valence-corrected chi connectivity index (χ2v) is 9.44. The molecule has 0 amide bonds. The van der Waals surface area contributed by atoms with Gasteiger partial charge in [-0.15, -0.1) is 0 Å². The number of carbonyl (C=O) groups excluding carboxylic acids is 1. The highest BCUT2D eigenvalue weighted by molar-refractivity contribution is 7.93. The molecule has 10 heteroatoms. The molecule has 0 aromatic heterocycles. The van der Waals surface area contributed by atoms with Gasteiger partial charge in [0.15, 0.2) is 0 Å². The topological polar surface area (TPSA) is 139 Å². The molecule has 9 nitrogen and oxygen atoms in total. The Hall–Kier alpha value is -3.76.